The predicted molar refractivity (Wildman–Crippen MR) is 80.7 cm³/mol. The molecule has 1 N–H and O–H groups in total. The van der Waals surface area contributed by atoms with E-state index >= 15 is 0 Å². The van der Waals surface area contributed by atoms with Crippen LogP contribution in [0.3, 0.4) is 0 Å². The van der Waals surface area contributed by atoms with E-state index in [2.05, 4.69) is 46.5 Å². The molecule has 1 saturated heterocycles. The molecule has 1 aromatic carbocycles. The first kappa shape index (κ1) is 13.5. The summed E-state index contributed by atoms with van der Waals surface area (Å²) in [6.07, 6.45) is 2.17. The highest BCUT2D eigenvalue weighted by atomic mass is 16.5. The molecule has 1 aliphatic rings. The van der Waals surface area contributed by atoms with Gasteiger partial charge >= 0.3 is 0 Å². The zero-order valence-electron chi connectivity index (χ0n) is 11.9. The molecule has 0 saturated carbocycles. The van der Waals surface area contributed by atoms with E-state index in [9.17, 15) is 0 Å². The number of morpholine rings is 1. The van der Waals surface area contributed by atoms with Gasteiger partial charge in [-0.2, -0.15) is 0 Å². The average molecular weight is 271 g/mol. The van der Waals surface area contributed by atoms with Gasteiger partial charge in [-0.25, -0.2) is 0 Å². The number of hydrogen-bond acceptors (Lipinski definition) is 4. The predicted octanol–water partition coefficient (Wildman–Crippen LogP) is 1.65. The van der Waals surface area contributed by atoms with Gasteiger partial charge in [0, 0.05) is 37.8 Å². The third-order valence-electron chi connectivity index (χ3n) is 3.77. The molecule has 106 valence electrons. The fourth-order valence-corrected chi connectivity index (χ4v) is 2.67. The number of nitrogens with zero attached hydrogens (tertiary/aromatic N) is 2. The molecule has 0 aliphatic carbocycles. The Balaban J connectivity index is 1.60. The topological polar surface area (TPSA) is 37.4 Å². The normalized spacial score (nSPS) is 20.4. The van der Waals surface area contributed by atoms with Gasteiger partial charge in [0.25, 0.3) is 0 Å². The van der Waals surface area contributed by atoms with Crippen LogP contribution in [0.15, 0.2) is 36.5 Å². The first-order valence-corrected chi connectivity index (χ1v) is 7.16. The molecule has 1 fully saturated rings. The first-order valence-electron chi connectivity index (χ1n) is 7.16. The lowest BCUT2D eigenvalue weighted by molar-refractivity contribution is -0.0182. The lowest BCUT2D eigenvalue weighted by Crippen LogP contribution is -2.44. The van der Waals surface area contributed by atoms with Crippen LogP contribution in [0.1, 0.15) is 5.56 Å². The molecule has 0 amide bonds. The van der Waals surface area contributed by atoms with E-state index in [1.165, 1.54) is 10.9 Å². The lowest BCUT2D eigenvalue weighted by Gasteiger charge is -2.30. The molecule has 1 aliphatic heterocycles. The summed E-state index contributed by atoms with van der Waals surface area (Å²) in [6.45, 7) is 4.62. The van der Waals surface area contributed by atoms with Gasteiger partial charge in [-0.1, -0.05) is 18.2 Å². The fourth-order valence-electron chi connectivity index (χ4n) is 2.67. The Bertz CT molecular complexity index is 567. The van der Waals surface area contributed by atoms with Crippen LogP contribution in [0, 0.1) is 0 Å². The van der Waals surface area contributed by atoms with Gasteiger partial charge in [-0.05, 0) is 24.7 Å². The second-order valence-corrected chi connectivity index (χ2v) is 5.37. The Labute approximate surface area is 119 Å². The molecule has 20 heavy (non-hydrogen) atoms. The quantitative estimate of drug-likeness (QED) is 0.917. The minimum absolute atomic E-state index is 0.293. The van der Waals surface area contributed by atoms with Gasteiger partial charge in [0.15, 0.2) is 0 Å². The van der Waals surface area contributed by atoms with Crippen molar-refractivity contribution in [2.45, 2.75) is 12.6 Å². The molecule has 2 heterocycles. The number of nitrogens with one attached hydrogen (secondary N) is 1. The molecule has 4 nitrogen and oxygen atoms in total. The molecule has 1 aromatic heterocycles. The van der Waals surface area contributed by atoms with E-state index in [0.29, 0.717) is 6.10 Å². The number of rotatable bonds is 4. The van der Waals surface area contributed by atoms with Crippen LogP contribution in [0.5, 0.6) is 0 Å². The number of benzene rings is 1. The van der Waals surface area contributed by atoms with Gasteiger partial charge in [0.1, 0.15) is 0 Å². The summed E-state index contributed by atoms with van der Waals surface area (Å²) < 4.78 is 5.76. The first-order chi connectivity index (χ1) is 9.83. The highest BCUT2D eigenvalue weighted by Crippen LogP contribution is 2.15. The number of aromatic nitrogens is 1. The number of fused-ring (bicyclic) bond motifs is 1. The Morgan fingerprint density at radius 3 is 3.15 bits per heavy atom. The minimum atomic E-state index is 0.293. The molecule has 2 aromatic rings. The molecule has 1 atom stereocenters. The van der Waals surface area contributed by atoms with Crippen molar-refractivity contribution in [2.75, 3.05) is 33.3 Å². The Morgan fingerprint density at radius 1 is 1.35 bits per heavy atom. The number of para-hydroxylation sites is 1. The van der Waals surface area contributed by atoms with Crippen LogP contribution in [0.2, 0.25) is 0 Å². The van der Waals surface area contributed by atoms with E-state index in [4.69, 9.17) is 4.74 Å². The highest BCUT2D eigenvalue weighted by molar-refractivity contribution is 5.81. The molecule has 3 rings (SSSR count). The molecule has 4 heteroatoms. The van der Waals surface area contributed by atoms with Crippen molar-refractivity contribution in [2.24, 2.45) is 0 Å². The lowest BCUT2D eigenvalue weighted by atomic mass is 10.1. The fraction of sp³-hybridized carbons (Fsp3) is 0.438. The van der Waals surface area contributed by atoms with Crippen molar-refractivity contribution in [3.63, 3.8) is 0 Å². The second-order valence-electron chi connectivity index (χ2n) is 5.37. The number of hydrogen-bond donors (Lipinski definition) is 1. The van der Waals surface area contributed by atoms with E-state index in [1.54, 1.807) is 0 Å². The van der Waals surface area contributed by atoms with Crippen molar-refractivity contribution in [1.82, 2.24) is 15.2 Å². The van der Waals surface area contributed by atoms with E-state index in [0.717, 1.165) is 38.3 Å². The maximum atomic E-state index is 5.76. The summed E-state index contributed by atoms with van der Waals surface area (Å²) in [6, 6.07) is 10.4. The smallest absolute Gasteiger partial charge is 0.0826 e. The standard InChI is InChI=1S/C16H21N3O/c1-19-8-9-20-14(12-19)11-17-10-13-6-7-18-16-5-3-2-4-15(13)16/h2-7,14,17H,8-12H2,1H3. The van der Waals surface area contributed by atoms with E-state index in [-0.39, 0.29) is 0 Å². The summed E-state index contributed by atoms with van der Waals surface area (Å²) >= 11 is 0. The molecule has 0 radical (unpaired) electrons. The maximum absolute atomic E-state index is 5.76. The van der Waals surface area contributed by atoms with Crippen molar-refractivity contribution in [3.8, 4) is 0 Å². The monoisotopic (exact) mass is 271 g/mol. The van der Waals surface area contributed by atoms with Crippen LogP contribution in [0.4, 0.5) is 0 Å². The molecule has 0 bridgehead atoms. The van der Waals surface area contributed by atoms with Gasteiger partial charge < -0.3 is 15.0 Å². The van der Waals surface area contributed by atoms with Gasteiger partial charge in [-0.3, -0.25) is 4.98 Å². The Kier molecular flexibility index (Phi) is 4.25. The number of likely N-dealkylation sites (N-methyl/N-ethyl adjacent to an activating group) is 1. The Hall–Kier alpha value is -1.49. The maximum Gasteiger partial charge on any atom is 0.0826 e. The van der Waals surface area contributed by atoms with E-state index < -0.39 is 0 Å². The summed E-state index contributed by atoms with van der Waals surface area (Å²) in [7, 11) is 2.14. The summed E-state index contributed by atoms with van der Waals surface area (Å²) in [5.74, 6) is 0. The van der Waals surface area contributed by atoms with Gasteiger partial charge in [0.2, 0.25) is 0 Å². The van der Waals surface area contributed by atoms with Crippen LogP contribution in [-0.4, -0.2) is 49.3 Å². The van der Waals surface area contributed by atoms with Crippen molar-refractivity contribution < 1.29 is 4.74 Å². The molecule has 1 unspecified atom stereocenters. The molecule has 0 spiro atoms. The second kappa shape index (κ2) is 6.31. The van der Waals surface area contributed by atoms with Crippen LogP contribution in [-0.2, 0) is 11.3 Å². The van der Waals surface area contributed by atoms with E-state index in [1.807, 2.05) is 12.3 Å². The molecular formula is C16H21N3O. The largest absolute Gasteiger partial charge is 0.374 e. The van der Waals surface area contributed by atoms with Crippen molar-refractivity contribution in [1.29, 1.82) is 0 Å². The van der Waals surface area contributed by atoms with Crippen molar-refractivity contribution in [3.05, 3.63) is 42.1 Å². The van der Waals surface area contributed by atoms with Gasteiger partial charge in [-0.15, -0.1) is 0 Å². The highest BCUT2D eigenvalue weighted by Gasteiger charge is 2.16. The summed E-state index contributed by atoms with van der Waals surface area (Å²) in [5, 5.41) is 4.73. The summed E-state index contributed by atoms with van der Waals surface area (Å²) in [4.78, 5) is 6.71. The van der Waals surface area contributed by atoms with Crippen LogP contribution >= 0.6 is 0 Å². The van der Waals surface area contributed by atoms with Crippen molar-refractivity contribution >= 4 is 10.9 Å². The van der Waals surface area contributed by atoms with Crippen LogP contribution in [0.25, 0.3) is 10.9 Å². The zero-order chi connectivity index (χ0) is 13.8. The molecular weight excluding hydrogens is 250 g/mol. The third kappa shape index (κ3) is 3.15. The number of ether oxygens (including phenoxy) is 1. The minimum Gasteiger partial charge on any atom is -0.374 e. The Morgan fingerprint density at radius 2 is 2.25 bits per heavy atom. The van der Waals surface area contributed by atoms with Gasteiger partial charge in [0.05, 0.1) is 18.2 Å². The van der Waals surface area contributed by atoms with Crippen LogP contribution < -0.4 is 5.32 Å². The SMILES string of the molecule is CN1CCOC(CNCc2ccnc3ccccc23)C1. The third-order valence-corrected chi connectivity index (χ3v) is 3.77. The average Bonchev–Trinajstić information content (AvgIpc) is 2.48. The summed E-state index contributed by atoms with van der Waals surface area (Å²) in [5.41, 5.74) is 2.35. The zero-order valence-corrected chi connectivity index (χ0v) is 11.9. The number of pyridine rings is 1.